The lowest BCUT2D eigenvalue weighted by Gasteiger charge is -2.18. The number of rotatable bonds is 6. The predicted molar refractivity (Wildman–Crippen MR) is 126 cm³/mol. The second-order valence-electron chi connectivity index (χ2n) is 8.37. The molecular formula is C23H24ClN5O5. The molecule has 0 spiro atoms. The molecule has 10 nitrogen and oxygen atoms in total. The van der Waals surface area contributed by atoms with Crippen molar-refractivity contribution in [3.05, 3.63) is 51.3 Å². The number of likely N-dealkylation sites (N-methyl/N-ethyl adjacent to an activating group) is 1. The molecule has 1 aromatic carbocycles. The van der Waals surface area contributed by atoms with E-state index in [0.29, 0.717) is 44.4 Å². The third-order valence-corrected chi connectivity index (χ3v) is 6.11. The second kappa shape index (κ2) is 8.96. The SMILES string of the molecule is Cc1[nH]c(/C=C2\C(=O)Nc3ccc(Cl)cc32)c(C)c1C(=O)NCC(O)CN1C(=O)CN(C)C1=O. The molecule has 2 aliphatic rings. The number of H-pyrrole nitrogens is 1. The monoisotopic (exact) mass is 485 g/mol. The maximum atomic E-state index is 12.9. The minimum absolute atomic E-state index is 0.0351. The van der Waals surface area contributed by atoms with Crippen molar-refractivity contribution in [2.75, 3.05) is 32.0 Å². The van der Waals surface area contributed by atoms with Gasteiger partial charge in [0.25, 0.3) is 11.8 Å². The number of nitrogens with one attached hydrogen (secondary N) is 3. The number of aryl methyl sites for hydroxylation is 1. The predicted octanol–water partition coefficient (Wildman–Crippen LogP) is 1.76. The molecule has 0 aliphatic carbocycles. The molecule has 2 aliphatic heterocycles. The Kier molecular flexibility index (Phi) is 6.20. The Morgan fingerprint density at radius 1 is 1.29 bits per heavy atom. The van der Waals surface area contributed by atoms with Gasteiger partial charge in [-0.25, -0.2) is 4.79 Å². The van der Waals surface area contributed by atoms with Gasteiger partial charge in [0.05, 0.1) is 23.8 Å². The first-order valence-electron chi connectivity index (χ1n) is 10.6. The summed E-state index contributed by atoms with van der Waals surface area (Å²) < 4.78 is 0. The van der Waals surface area contributed by atoms with Crippen molar-refractivity contribution in [2.45, 2.75) is 20.0 Å². The quantitative estimate of drug-likeness (QED) is 0.365. The van der Waals surface area contributed by atoms with Crippen molar-refractivity contribution in [1.29, 1.82) is 0 Å². The van der Waals surface area contributed by atoms with Crippen LogP contribution in [0.1, 0.15) is 32.9 Å². The highest BCUT2D eigenvalue weighted by Gasteiger charge is 2.34. The van der Waals surface area contributed by atoms with Crippen LogP contribution in [0.15, 0.2) is 18.2 Å². The summed E-state index contributed by atoms with van der Waals surface area (Å²) in [6.07, 6.45) is 0.556. The van der Waals surface area contributed by atoms with Crippen LogP contribution in [0.4, 0.5) is 10.5 Å². The number of fused-ring (bicyclic) bond motifs is 1. The van der Waals surface area contributed by atoms with Gasteiger partial charge in [-0.3, -0.25) is 19.3 Å². The zero-order valence-corrected chi connectivity index (χ0v) is 19.6. The number of benzene rings is 1. The van der Waals surface area contributed by atoms with Gasteiger partial charge in [-0.1, -0.05) is 11.6 Å². The Morgan fingerprint density at radius 3 is 2.71 bits per heavy atom. The van der Waals surface area contributed by atoms with E-state index in [1.54, 1.807) is 38.1 Å². The number of β-amino-alcohol motifs (C(OH)–C–C–N with tert-alkyl or cyclic N) is 1. The van der Waals surface area contributed by atoms with Gasteiger partial charge < -0.3 is 25.6 Å². The molecule has 1 unspecified atom stereocenters. The van der Waals surface area contributed by atoms with Crippen LogP contribution in [0.25, 0.3) is 11.6 Å². The third-order valence-electron chi connectivity index (χ3n) is 5.88. The molecule has 1 saturated heterocycles. The van der Waals surface area contributed by atoms with E-state index in [0.717, 1.165) is 4.90 Å². The number of hydrogen-bond acceptors (Lipinski definition) is 5. The normalized spacial score (nSPS) is 17.4. The van der Waals surface area contributed by atoms with E-state index in [1.807, 2.05) is 0 Å². The minimum Gasteiger partial charge on any atom is -0.389 e. The molecule has 2 aromatic rings. The summed E-state index contributed by atoms with van der Waals surface area (Å²) in [5.74, 6) is -1.09. The van der Waals surface area contributed by atoms with Gasteiger partial charge in [0.15, 0.2) is 0 Å². The van der Waals surface area contributed by atoms with Crippen molar-refractivity contribution in [1.82, 2.24) is 20.1 Å². The molecule has 3 heterocycles. The van der Waals surface area contributed by atoms with Crippen LogP contribution in [0, 0.1) is 13.8 Å². The van der Waals surface area contributed by atoms with E-state index < -0.39 is 23.9 Å². The van der Waals surface area contributed by atoms with E-state index in [1.165, 1.54) is 11.9 Å². The summed E-state index contributed by atoms with van der Waals surface area (Å²) in [6.45, 7) is 3.10. The van der Waals surface area contributed by atoms with Gasteiger partial charge >= 0.3 is 6.03 Å². The topological polar surface area (TPSA) is 135 Å². The van der Waals surface area contributed by atoms with Gasteiger partial charge in [0, 0.05) is 41.3 Å². The Morgan fingerprint density at radius 2 is 2.03 bits per heavy atom. The first-order valence-corrected chi connectivity index (χ1v) is 11.0. The summed E-state index contributed by atoms with van der Waals surface area (Å²) in [4.78, 5) is 54.5. The fraction of sp³-hybridized carbons (Fsp3) is 0.304. The number of amides is 5. The van der Waals surface area contributed by atoms with E-state index in [-0.39, 0.29) is 25.5 Å². The summed E-state index contributed by atoms with van der Waals surface area (Å²) in [7, 11) is 1.50. The van der Waals surface area contributed by atoms with E-state index >= 15 is 0 Å². The molecule has 1 atom stereocenters. The van der Waals surface area contributed by atoms with E-state index in [2.05, 4.69) is 15.6 Å². The molecule has 34 heavy (non-hydrogen) atoms. The number of nitrogens with zero attached hydrogens (tertiary/aromatic N) is 2. The van der Waals surface area contributed by atoms with Crippen molar-refractivity contribution in [3.63, 3.8) is 0 Å². The number of carbonyl (C=O) groups excluding carboxylic acids is 4. The van der Waals surface area contributed by atoms with Gasteiger partial charge in [0.1, 0.15) is 6.54 Å². The van der Waals surface area contributed by atoms with Crippen LogP contribution < -0.4 is 10.6 Å². The maximum Gasteiger partial charge on any atom is 0.327 e. The van der Waals surface area contributed by atoms with Gasteiger partial charge in [-0.05, 0) is 43.7 Å². The van der Waals surface area contributed by atoms with Crippen molar-refractivity contribution in [2.24, 2.45) is 0 Å². The zero-order chi connectivity index (χ0) is 24.7. The summed E-state index contributed by atoms with van der Waals surface area (Å²) >= 11 is 6.09. The lowest BCUT2D eigenvalue weighted by atomic mass is 10.0. The average Bonchev–Trinajstić information content (AvgIpc) is 3.32. The number of aromatic amines is 1. The van der Waals surface area contributed by atoms with Gasteiger partial charge in [-0.2, -0.15) is 0 Å². The molecule has 11 heteroatoms. The van der Waals surface area contributed by atoms with Gasteiger partial charge in [-0.15, -0.1) is 0 Å². The summed E-state index contributed by atoms with van der Waals surface area (Å²) in [5, 5.41) is 16.2. The Balaban J connectivity index is 1.48. The molecule has 0 bridgehead atoms. The van der Waals surface area contributed by atoms with Crippen LogP contribution in [0.3, 0.4) is 0 Å². The number of imide groups is 1. The fourth-order valence-corrected chi connectivity index (χ4v) is 4.30. The smallest absolute Gasteiger partial charge is 0.327 e. The second-order valence-corrected chi connectivity index (χ2v) is 8.81. The summed E-state index contributed by atoms with van der Waals surface area (Å²) in [5.41, 5.74) is 3.97. The van der Waals surface area contributed by atoms with Crippen molar-refractivity contribution < 1.29 is 24.3 Å². The molecule has 178 valence electrons. The number of halogens is 1. The molecule has 1 fully saturated rings. The lowest BCUT2D eigenvalue weighted by molar-refractivity contribution is -0.126. The number of urea groups is 1. The Hall–Kier alpha value is -3.63. The minimum atomic E-state index is -1.12. The van der Waals surface area contributed by atoms with Crippen LogP contribution in [-0.2, 0) is 9.59 Å². The highest BCUT2D eigenvalue weighted by atomic mass is 35.5. The zero-order valence-electron chi connectivity index (χ0n) is 18.9. The van der Waals surface area contributed by atoms with Crippen LogP contribution in [0.2, 0.25) is 5.02 Å². The molecular weight excluding hydrogens is 462 g/mol. The average molecular weight is 486 g/mol. The molecule has 0 radical (unpaired) electrons. The van der Waals surface area contributed by atoms with E-state index in [9.17, 15) is 24.3 Å². The largest absolute Gasteiger partial charge is 0.389 e. The first-order chi connectivity index (χ1) is 16.1. The van der Waals surface area contributed by atoms with E-state index in [4.69, 9.17) is 11.6 Å². The number of carbonyl (C=O) groups is 4. The number of aliphatic hydroxyl groups excluding tert-OH is 1. The number of aromatic nitrogens is 1. The Bertz CT molecular complexity index is 1250. The van der Waals surface area contributed by atoms with Crippen molar-refractivity contribution >= 4 is 52.7 Å². The van der Waals surface area contributed by atoms with Crippen LogP contribution >= 0.6 is 11.6 Å². The van der Waals surface area contributed by atoms with Crippen LogP contribution in [-0.4, -0.2) is 76.4 Å². The molecule has 5 amide bonds. The standard InChI is InChI=1S/C23H24ClN5O5/c1-11-18(7-16-15-6-13(24)4-5-17(15)27-21(16)32)26-12(2)20(11)22(33)25-8-14(30)9-29-19(31)10-28(3)23(29)34/h4-7,14,26,30H,8-10H2,1-3H3,(H,25,33)(H,27,32)/b16-7-. The van der Waals surface area contributed by atoms with Crippen LogP contribution in [0.5, 0.6) is 0 Å². The number of hydrogen-bond donors (Lipinski definition) is 4. The van der Waals surface area contributed by atoms with Gasteiger partial charge in [0.2, 0.25) is 5.91 Å². The number of anilines is 1. The molecule has 4 rings (SSSR count). The number of aliphatic hydroxyl groups is 1. The highest BCUT2D eigenvalue weighted by Crippen LogP contribution is 2.35. The molecule has 4 N–H and O–H groups in total. The molecule has 0 saturated carbocycles. The Labute approximate surface area is 200 Å². The first kappa shape index (κ1) is 23.5. The third kappa shape index (κ3) is 4.29. The molecule has 1 aromatic heterocycles. The fourth-order valence-electron chi connectivity index (χ4n) is 4.13. The summed E-state index contributed by atoms with van der Waals surface area (Å²) in [6, 6.07) is 4.64. The van der Waals surface area contributed by atoms with Crippen molar-refractivity contribution in [3.8, 4) is 0 Å². The maximum absolute atomic E-state index is 12.9. The lowest BCUT2D eigenvalue weighted by Crippen LogP contribution is -2.43. The highest BCUT2D eigenvalue weighted by molar-refractivity contribution is 6.36.